The van der Waals surface area contributed by atoms with Crippen LogP contribution in [-0.4, -0.2) is 50.7 Å². The molecular formula is C28H32N2O2. The summed E-state index contributed by atoms with van der Waals surface area (Å²) in [4.78, 5) is 18.2. The molecule has 1 aliphatic rings. The molecule has 1 saturated heterocycles. The van der Waals surface area contributed by atoms with Crippen molar-refractivity contribution in [3.05, 3.63) is 102 Å². The van der Waals surface area contributed by atoms with E-state index in [0.717, 1.165) is 50.3 Å². The molecule has 0 spiro atoms. The highest BCUT2D eigenvalue weighted by Crippen LogP contribution is 2.38. The first-order valence-electron chi connectivity index (χ1n) is 11.5. The number of piperazine rings is 1. The van der Waals surface area contributed by atoms with E-state index in [4.69, 9.17) is 4.74 Å². The number of anilines is 1. The number of rotatable bonds is 8. The zero-order valence-electron chi connectivity index (χ0n) is 18.8. The van der Waals surface area contributed by atoms with Gasteiger partial charge >= 0.3 is 5.97 Å². The summed E-state index contributed by atoms with van der Waals surface area (Å²) in [6, 6.07) is 30.8. The van der Waals surface area contributed by atoms with Crippen LogP contribution in [0.3, 0.4) is 0 Å². The minimum Gasteiger partial charge on any atom is -0.468 e. The molecule has 0 aliphatic carbocycles. The first-order chi connectivity index (χ1) is 15.7. The molecular weight excluding hydrogens is 396 g/mol. The van der Waals surface area contributed by atoms with Crippen molar-refractivity contribution in [3.63, 3.8) is 0 Å². The number of esters is 1. The molecule has 4 heteroatoms. The number of hydrogen-bond acceptors (Lipinski definition) is 4. The van der Waals surface area contributed by atoms with Crippen molar-refractivity contribution >= 4 is 11.7 Å². The lowest BCUT2D eigenvalue weighted by molar-refractivity contribution is -0.146. The Balaban J connectivity index is 1.46. The molecule has 166 valence electrons. The number of benzene rings is 3. The van der Waals surface area contributed by atoms with Crippen molar-refractivity contribution in [2.24, 2.45) is 0 Å². The zero-order valence-corrected chi connectivity index (χ0v) is 18.8. The van der Waals surface area contributed by atoms with Gasteiger partial charge in [-0.15, -0.1) is 0 Å². The Morgan fingerprint density at radius 2 is 1.28 bits per heavy atom. The third kappa shape index (κ3) is 4.71. The predicted molar refractivity (Wildman–Crippen MR) is 130 cm³/mol. The van der Waals surface area contributed by atoms with Crippen LogP contribution in [0.15, 0.2) is 91.0 Å². The molecule has 0 amide bonds. The van der Waals surface area contributed by atoms with Crippen LogP contribution < -0.4 is 4.90 Å². The summed E-state index contributed by atoms with van der Waals surface area (Å²) in [5, 5.41) is 0. The normalized spacial score (nSPS) is 14.8. The van der Waals surface area contributed by atoms with E-state index in [1.807, 2.05) is 60.7 Å². The number of hydrogen-bond donors (Lipinski definition) is 0. The fourth-order valence-corrected chi connectivity index (χ4v) is 4.85. The summed E-state index contributed by atoms with van der Waals surface area (Å²) in [7, 11) is 1.49. The van der Waals surface area contributed by atoms with Gasteiger partial charge in [-0.25, -0.2) is 0 Å². The van der Waals surface area contributed by atoms with Crippen LogP contribution in [0.2, 0.25) is 0 Å². The Bertz CT molecular complexity index is 929. The van der Waals surface area contributed by atoms with Crippen molar-refractivity contribution in [2.75, 3.05) is 44.7 Å². The van der Waals surface area contributed by atoms with Crippen LogP contribution in [0.1, 0.15) is 24.0 Å². The van der Waals surface area contributed by atoms with Gasteiger partial charge in [0.05, 0.1) is 7.11 Å². The number of carbonyl (C=O) groups excluding carboxylic acids is 1. The van der Waals surface area contributed by atoms with Crippen LogP contribution >= 0.6 is 0 Å². The fourth-order valence-electron chi connectivity index (χ4n) is 4.85. The van der Waals surface area contributed by atoms with Crippen LogP contribution in [0.5, 0.6) is 0 Å². The second-order valence-corrected chi connectivity index (χ2v) is 8.40. The summed E-state index contributed by atoms with van der Waals surface area (Å²) in [5.41, 5.74) is 2.49. The molecule has 1 heterocycles. The number of ether oxygens (including phenoxy) is 1. The van der Waals surface area contributed by atoms with E-state index in [9.17, 15) is 4.79 Å². The second kappa shape index (κ2) is 10.5. The molecule has 0 bridgehead atoms. The van der Waals surface area contributed by atoms with Gasteiger partial charge in [0.15, 0.2) is 0 Å². The van der Waals surface area contributed by atoms with Gasteiger partial charge in [0, 0.05) is 31.9 Å². The molecule has 4 nitrogen and oxygen atoms in total. The van der Waals surface area contributed by atoms with Gasteiger partial charge in [0.1, 0.15) is 5.41 Å². The van der Waals surface area contributed by atoms with Gasteiger partial charge in [-0.2, -0.15) is 0 Å². The minimum atomic E-state index is -0.789. The highest BCUT2D eigenvalue weighted by molar-refractivity contribution is 5.87. The van der Waals surface area contributed by atoms with E-state index in [1.165, 1.54) is 12.8 Å². The lowest BCUT2D eigenvalue weighted by Crippen LogP contribution is -2.47. The van der Waals surface area contributed by atoms with Crippen molar-refractivity contribution in [2.45, 2.75) is 18.3 Å². The van der Waals surface area contributed by atoms with Crippen LogP contribution in [0.25, 0.3) is 0 Å². The SMILES string of the molecule is COC(=O)C(CCCN1CCN(c2ccccc2)CC1)(c1ccccc1)c1ccccc1. The van der Waals surface area contributed by atoms with Gasteiger partial charge in [-0.3, -0.25) is 9.69 Å². The van der Waals surface area contributed by atoms with E-state index in [0.29, 0.717) is 6.42 Å². The molecule has 0 saturated carbocycles. The summed E-state index contributed by atoms with van der Waals surface area (Å²) < 4.78 is 5.37. The van der Waals surface area contributed by atoms with E-state index in [1.54, 1.807) is 0 Å². The maximum Gasteiger partial charge on any atom is 0.320 e. The molecule has 3 aromatic rings. The molecule has 3 aromatic carbocycles. The first kappa shape index (κ1) is 22.1. The molecule has 0 N–H and O–H groups in total. The van der Waals surface area contributed by atoms with E-state index < -0.39 is 5.41 Å². The second-order valence-electron chi connectivity index (χ2n) is 8.40. The molecule has 0 atom stereocenters. The molecule has 0 radical (unpaired) electrons. The summed E-state index contributed by atoms with van der Waals surface area (Å²) in [5.74, 6) is -0.191. The maximum absolute atomic E-state index is 13.3. The number of nitrogens with zero attached hydrogens (tertiary/aromatic N) is 2. The van der Waals surface area contributed by atoms with Crippen molar-refractivity contribution in [1.29, 1.82) is 0 Å². The monoisotopic (exact) mass is 428 g/mol. The van der Waals surface area contributed by atoms with Gasteiger partial charge in [0.25, 0.3) is 0 Å². The third-order valence-corrected chi connectivity index (χ3v) is 6.59. The standard InChI is InChI=1S/C28H32N2O2/c1-32-27(31)28(24-12-5-2-6-13-24,25-14-7-3-8-15-25)18-11-19-29-20-22-30(23-21-29)26-16-9-4-10-17-26/h2-10,12-17H,11,18-23H2,1H3. The van der Waals surface area contributed by atoms with Gasteiger partial charge in [0.2, 0.25) is 0 Å². The van der Waals surface area contributed by atoms with Gasteiger partial charge in [-0.1, -0.05) is 78.9 Å². The summed E-state index contributed by atoms with van der Waals surface area (Å²) >= 11 is 0. The molecule has 0 aromatic heterocycles. The Morgan fingerprint density at radius 3 is 1.78 bits per heavy atom. The van der Waals surface area contributed by atoms with Crippen LogP contribution in [0, 0.1) is 0 Å². The first-order valence-corrected chi connectivity index (χ1v) is 11.5. The smallest absolute Gasteiger partial charge is 0.320 e. The highest BCUT2D eigenvalue weighted by Gasteiger charge is 2.42. The topological polar surface area (TPSA) is 32.8 Å². The van der Waals surface area contributed by atoms with Crippen molar-refractivity contribution < 1.29 is 9.53 Å². The Hall–Kier alpha value is -3.11. The lowest BCUT2D eigenvalue weighted by Gasteiger charge is -2.37. The Morgan fingerprint density at radius 1 is 0.781 bits per heavy atom. The largest absolute Gasteiger partial charge is 0.468 e. The molecule has 4 rings (SSSR count). The third-order valence-electron chi connectivity index (χ3n) is 6.59. The van der Waals surface area contributed by atoms with E-state index in [-0.39, 0.29) is 5.97 Å². The quantitative estimate of drug-likeness (QED) is 0.485. The molecule has 32 heavy (non-hydrogen) atoms. The molecule has 1 aliphatic heterocycles. The number of methoxy groups -OCH3 is 1. The number of carbonyl (C=O) groups is 1. The van der Waals surface area contributed by atoms with Crippen molar-refractivity contribution in [3.8, 4) is 0 Å². The predicted octanol–water partition coefficient (Wildman–Crippen LogP) is 4.75. The fraction of sp³-hybridized carbons (Fsp3) is 0.321. The van der Waals surface area contributed by atoms with Gasteiger partial charge < -0.3 is 9.64 Å². The minimum absolute atomic E-state index is 0.191. The highest BCUT2D eigenvalue weighted by atomic mass is 16.5. The summed E-state index contributed by atoms with van der Waals surface area (Å²) in [6.07, 6.45) is 1.64. The van der Waals surface area contributed by atoms with Crippen LogP contribution in [-0.2, 0) is 14.9 Å². The lowest BCUT2D eigenvalue weighted by atomic mass is 9.71. The average Bonchev–Trinajstić information content (AvgIpc) is 2.88. The number of para-hydroxylation sites is 1. The Kier molecular flexibility index (Phi) is 7.23. The molecule has 1 fully saturated rings. The van der Waals surface area contributed by atoms with E-state index >= 15 is 0 Å². The molecule has 0 unspecified atom stereocenters. The van der Waals surface area contributed by atoms with Gasteiger partial charge in [-0.05, 0) is 42.6 Å². The summed E-state index contributed by atoms with van der Waals surface area (Å²) in [6.45, 7) is 5.11. The average molecular weight is 429 g/mol. The Labute approximate surface area is 191 Å². The zero-order chi connectivity index (χ0) is 22.2. The van der Waals surface area contributed by atoms with Crippen molar-refractivity contribution in [1.82, 2.24) is 4.90 Å². The van der Waals surface area contributed by atoms with Crippen LogP contribution in [0.4, 0.5) is 5.69 Å². The maximum atomic E-state index is 13.3. The van der Waals surface area contributed by atoms with E-state index in [2.05, 4.69) is 40.1 Å².